The molecule has 0 heterocycles. The highest BCUT2D eigenvalue weighted by Gasteiger charge is 2.04. The molecule has 104 valence electrons. The van der Waals surface area contributed by atoms with Crippen molar-refractivity contribution in [2.45, 2.75) is 19.8 Å². The van der Waals surface area contributed by atoms with Crippen LogP contribution >= 0.6 is 0 Å². The van der Waals surface area contributed by atoms with Gasteiger partial charge in [-0.25, -0.2) is 0 Å². The van der Waals surface area contributed by atoms with Gasteiger partial charge in [0, 0.05) is 19.8 Å². The Bertz CT molecular complexity index is 485. The van der Waals surface area contributed by atoms with Gasteiger partial charge in [-0.15, -0.1) is 0 Å². The number of hydrogen-bond donors (Lipinski definition) is 1. The summed E-state index contributed by atoms with van der Waals surface area (Å²) in [6, 6.07) is 19.7. The predicted molar refractivity (Wildman–Crippen MR) is 78.6 cm³/mol. The van der Waals surface area contributed by atoms with Gasteiger partial charge in [-0.3, -0.25) is 9.59 Å². The number of benzene rings is 2. The Kier molecular flexibility index (Phi) is 6.76. The minimum absolute atomic E-state index is 0.261. The van der Waals surface area contributed by atoms with Gasteiger partial charge >= 0.3 is 0 Å². The fourth-order valence-corrected chi connectivity index (χ4v) is 1.71. The summed E-state index contributed by atoms with van der Waals surface area (Å²) in [5, 5.41) is 7.42. The van der Waals surface area contributed by atoms with E-state index in [2.05, 4.69) is 0 Å². The molecule has 0 spiro atoms. The van der Waals surface area contributed by atoms with E-state index in [1.807, 2.05) is 60.7 Å². The van der Waals surface area contributed by atoms with E-state index < -0.39 is 5.97 Å². The molecule has 2 rings (SSSR count). The van der Waals surface area contributed by atoms with Crippen LogP contribution in [-0.2, 0) is 22.4 Å². The van der Waals surface area contributed by atoms with Gasteiger partial charge in [0.05, 0.1) is 0 Å². The lowest BCUT2D eigenvalue weighted by Gasteiger charge is -2.01. The molecule has 0 atom stereocenters. The monoisotopic (exact) mass is 270 g/mol. The third kappa shape index (κ3) is 7.11. The minimum Gasteiger partial charge on any atom is -0.481 e. The Hall–Kier alpha value is -2.42. The van der Waals surface area contributed by atoms with Crippen molar-refractivity contribution in [1.29, 1.82) is 0 Å². The molecule has 0 aliphatic rings. The van der Waals surface area contributed by atoms with Crippen LogP contribution in [0, 0.1) is 0 Å². The average Bonchev–Trinajstić information content (AvgIpc) is 2.40. The molecule has 0 aliphatic heterocycles. The van der Waals surface area contributed by atoms with Crippen molar-refractivity contribution < 1.29 is 14.7 Å². The molecule has 0 saturated carbocycles. The fourth-order valence-electron chi connectivity index (χ4n) is 1.71. The maximum atomic E-state index is 11.8. The van der Waals surface area contributed by atoms with Crippen molar-refractivity contribution in [3.05, 3.63) is 71.8 Å². The molecule has 2 aromatic carbocycles. The van der Waals surface area contributed by atoms with Crippen LogP contribution in [0.2, 0.25) is 0 Å². The van der Waals surface area contributed by atoms with Crippen molar-refractivity contribution in [2.24, 2.45) is 0 Å². The molecule has 0 unspecified atom stereocenters. The molecular weight excluding hydrogens is 252 g/mol. The summed E-state index contributed by atoms with van der Waals surface area (Å²) in [4.78, 5) is 20.8. The number of hydrogen-bond acceptors (Lipinski definition) is 2. The van der Waals surface area contributed by atoms with Crippen LogP contribution in [0.1, 0.15) is 18.1 Å². The van der Waals surface area contributed by atoms with Crippen molar-refractivity contribution in [1.82, 2.24) is 0 Å². The second kappa shape index (κ2) is 8.64. The number of carbonyl (C=O) groups excluding carboxylic acids is 1. The molecular formula is C17H18O3. The van der Waals surface area contributed by atoms with E-state index in [-0.39, 0.29) is 5.78 Å². The first-order valence-electron chi connectivity index (χ1n) is 6.37. The van der Waals surface area contributed by atoms with Crippen molar-refractivity contribution >= 4 is 11.8 Å². The summed E-state index contributed by atoms with van der Waals surface area (Å²) < 4.78 is 0. The third-order valence-electron chi connectivity index (χ3n) is 2.49. The maximum absolute atomic E-state index is 11.8. The summed E-state index contributed by atoms with van der Waals surface area (Å²) in [6.07, 6.45) is 1.05. The Balaban J connectivity index is 0.000000444. The zero-order chi connectivity index (χ0) is 14.8. The fraction of sp³-hybridized carbons (Fsp3) is 0.176. The van der Waals surface area contributed by atoms with Crippen LogP contribution in [-0.4, -0.2) is 16.9 Å². The normalized spacial score (nSPS) is 9.25. The number of rotatable bonds is 4. The van der Waals surface area contributed by atoms with Gasteiger partial charge in [0.2, 0.25) is 0 Å². The third-order valence-corrected chi connectivity index (χ3v) is 2.49. The first-order valence-corrected chi connectivity index (χ1v) is 6.37. The molecule has 0 aromatic heterocycles. The van der Waals surface area contributed by atoms with E-state index in [0.29, 0.717) is 12.8 Å². The molecule has 0 fully saturated rings. The maximum Gasteiger partial charge on any atom is 0.300 e. The zero-order valence-electron chi connectivity index (χ0n) is 11.5. The van der Waals surface area contributed by atoms with Gasteiger partial charge in [-0.2, -0.15) is 0 Å². The van der Waals surface area contributed by atoms with Gasteiger partial charge in [-0.05, 0) is 11.1 Å². The summed E-state index contributed by atoms with van der Waals surface area (Å²) in [7, 11) is 0. The molecule has 0 bridgehead atoms. The molecule has 1 N–H and O–H groups in total. The van der Waals surface area contributed by atoms with E-state index in [1.165, 1.54) is 0 Å². The van der Waals surface area contributed by atoms with Crippen LogP contribution in [0.25, 0.3) is 0 Å². The van der Waals surface area contributed by atoms with Crippen LogP contribution < -0.4 is 0 Å². The van der Waals surface area contributed by atoms with Crippen LogP contribution in [0.15, 0.2) is 60.7 Å². The van der Waals surface area contributed by atoms with E-state index >= 15 is 0 Å². The molecule has 3 heteroatoms. The van der Waals surface area contributed by atoms with Gasteiger partial charge in [0.15, 0.2) is 0 Å². The van der Waals surface area contributed by atoms with Gasteiger partial charge in [0.25, 0.3) is 5.97 Å². The second-order valence-corrected chi connectivity index (χ2v) is 4.38. The molecule has 0 aliphatic carbocycles. The van der Waals surface area contributed by atoms with Crippen molar-refractivity contribution in [3.63, 3.8) is 0 Å². The molecule has 0 saturated heterocycles. The van der Waals surface area contributed by atoms with Gasteiger partial charge < -0.3 is 5.11 Å². The lowest BCUT2D eigenvalue weighted by Crippen LogP contribution is -2.06. The van der Waals surface area contributed by atoms with E-state index in [0.717, 1.165) is 18.1 Å². The summed E-state index contributed by atoms with van der Waals surface area (Å²) >= 11 is 0. The first-order chi connectivity index (χ1) is 9.58. The highest BCUT2D eigenvalue weighted by molar-refractivity contribution is 5.83. The number of Topliss-reactive ketones (excluding diaryl/α,β-unsaturated/α-hetero) is 1. The Morgan fingerprint density at radius 3 is 1.40 bits per heavy atom. The Morgan fingerprint density at radius 1 is 0.800 bits per heavy atom. The number of carbonyl (C=O) groups is 2. The largest absolute Gasteiger partial charge is 0.481 e. The summed E-state index contributed by atoms with van der Waals surface area (Å²) in [5.41, 5.74) is 2.17. The number of carboxylic acid groups (broad SMARTS) is 1. The van der Waals surface area contributed by atoms with E-state index in [9.17, 15) is 4.79 Å². The Labute approximate surface area is 118 Å². The van der Waals surface area contributed by atoms with Crippen molar-refractivity contribution in [3.8, 4) is 0 Å². The van der Waals surface area contributed by atoms with Gasteiger partial charge in [0.1, 0.15) is 5.78 Å². The molecule has 3 nitrogen and oxygen atoms in total. The number of carboxylic acids is 1. The number of ketones is 1. The second-order valence-electron chi connectivity index (χ2n) is 4.38. The quantitative estimate of drug-likeness (QED) is 0.928. The topological polar surface area (TPSA) is 54.4 Å². The van der Waals surface area contributed by atoms with Crippen LogP contribution in [0.5, 0.6) is 0 Å². The first kappa shape index (κ1) is 15.6. The van der Waals surface area contributed by atoms with Gasteiger partial charge in [-0.1, -0.05) is 60.7 Å². The smallest absolute Gasteiger partial charge is 0.300 e. The standard InChI is InChI=1S/C15H14O.C2H4O2/c16-15(11-13-7-3-1-4-8-13)12-14-9-5-2-6-10-14;1-2(3)4/h1-10H,11-12H2;1H3,(H,3,4). The van der Waals surface area contributed by atoms with E-state index in [1.54, 1.807) is 0 Å². The van der Waals surface area contributed by atoms with Crippen molar-refractivity contribution in [2.75, 3.05) is 0 Å². The molecule has 0 amide bonds. The number of aliphatic carboxylic acids is 1. The summed E-state index contributed by atoms with van der Waals surface area (Å²) in [5.74, 6) is -0.572. The molecule has 2 aromatic rings. The lowest BCUT2D eigenvalue weighted by atomic mass is 10.0. The molecule has 20 heavy (non-hydrogen) atoms. The van der Waals surface area contributed by atoms with Crippen LogP contribution in [0.4, 0.5) is 0 Å². The Morgan fingerprint density at radius 2 is 1.10 bits per heavy atom. The van der Waals surface area contributed by atoms with Crippen LogP contribution in [0.3, 0.4) is 0 Å². The average molecular weight is 270 g/mol. The van der Waals surface area contributed by atoms with E-state index in [4.69, 9.17) is 9.90 Å². The summed E-state index contributed by atoms with van der Waals surface area (Å²) in [6.45, 7) is 1.08. The highest BCUT2D eigenvalue weighted by atomic mass is 16.4. The predicted octanol–water partition coefficient (Wildman–Crippen LogP) is 3.13. The highest BCUT2D eigenvalue weighted by Crippen LogP contribution is 2.05. The molecule has 0 radical (unpaired) electrons. The lowest BCUT2D eigenvalue weighted by molar-refractivity contribution is -0.134. The minimum atomic E-state index is -0.833. The SMILES string of the molecule is CC(=O)O.O=C(Cc1ccccc1)Cc1ccccc1. The zero-order valence-corrected chi connectivity index (χ0v) is 11.5.